The number of anilines is 2. The second kappa shape index (κ2) is 7.99. The molecule has 1 aromatic carbocycles. The Morgan fingerprint density at radius 3 is 2.67 bits per heavy atom. The molecule has 142 valence electrons. The van der Waals surface area contributed by atoms with E-state index in [2.05, 4.69) is 46.4 Å². The predicted molar refractivity (Wildman–Crippen MR) is 109 cm³/mol. The Labute approximate surface area is 161 Å². The second-order valence-corrected chi connectivity index (χ2v) is 7.69. The van der Waals surface area contributed by atoms with Crippen molar-refractivity contribution in [1.29, 1.82) is 0 Å². The van der Waals surface area contributed by atoms with Gasteiger partial charge in [0.05, 0.1) is 5.69 Å². The predicted octanol–water partition coefficient (Wildman–Crippen LogP) is 4.26. The standard InChI is InChI=1S/C22H28N4O/c1-17-9-11-18(12-10-17)16-25-14-15-26(20-8-5-13-23-21(20)25)22(27)24-19-6-3-2-4-7-19/h5,8-13,19H,2-4,6-7,14-16H2,1H3,(H,24,27). The molecule has 0 radical (unpaired) electrons. The van der Waals surface area contributed by atoms with Gasteiger partial charge in [-0.2, -0.15) is 0 Å². The molecule has 0 saturated heterocycles. The van der Waals surface area contributed by atoms with Crippen LogP contribution in [0.5, 0.6) is 0 Å². The third-order valence-corrected chi connectivity index (χ3v) is 5.62. The number of aromatic nitrogens is 1. The number of rotatable bonds is 3. The molecule has 2 aliphatic rings. The summed E-state index contributed by atoms with van der Waals surface area (Å²) in [5, 5.41) is 3.24. The number of carbonyl (C=O) groups is 1. The lowest BCUT2D eigenvalue weighted by Gasteiger charge is -2.37. The lowest BCUT2D eigenvalue weighted by Crippen LogP contribution is -2.51. The summed E-state index contributed by atoms with van der Waals surface area (Å²) >= 11 is 0. The molecule has 4 rings (SSSR count). The molecule has 2 amide bonds. The Morgan fingerprint density at radius 2 is 1.89 bits per heavy atom. The summed E-state index contributed by atoms with van der Waals surface area (Å²) in [6, 6.07) is 12.9. The number of aryl methyl sites for hydroxylation is 1. The molecule has 2 heterocycles. The minimum absolute atomic E-state index is 0.0196. The van der Waals surface area contributed by atoms with E-state index >= 15 is 0 Å². The Kier molecular flexibility index (Phi) is 5.28. The number of fused-ring (bicyclic) bond motifs is 1. The van der Waals surface area contributed by atoms with Crippen LogP contribution in [0.3, 0.4) is 0 Å². The van der Waals surface area contributed by atoms with E-state index in [-0.39, 0.29) is 6.03 Å². The summed E-state index contributed by atoms with van der Waals surface area (Å²) < 4.78 is 0. The first-order chi connectivity index (χ1) is 13.2. The van der Waals surface area contributed by atoms with Crippen LogP contribution in [0, 0.1) is 6.92 Å². The first-order valence-electron chi connectivity index (χ1n) is 10.0. The maximum Gasteiger partial charge on any atom is 0.322 e. The van der Waals surface area contributed by atoms with E-state index in [0.29, 0.717) is 12.6 Å². The summed E-state index contributed by atoms with van der Waals surface area (Å²) in [5.74, 6) is 0.892. The zero-order valence-electron chi connectivity index (χ0n) is 16.0. The number of nitrogens with one attached hydrogen (secondary N) is 1. The van der Waals surface area contributed by atoms with Crippen molar-refractivity contribution in [2.24, 2.45) is 0 Å². The normalized spacial score (nSPS) is 17.5. The molecule has 1 aliphatic heterocycles. The smallest absolute Gasteiger partial charge is 0.322 e. The number of hydrogen-bond donors (Lipinski definition) is 1. The Bertz CT molecular complexity index is 783. The maximum absolute atomic E-state index is 12.9. The quantitative estimate of drug-likeness (QED) is 0.885. The van der Waals surface area contributed by atoms with Gasteiger partial charge >= 0.3 is 6.03 Å². The summed E-state index contributed by atoms with van der Waals surface area (Å²) in [6.45, 7) is 4.38. The number of pyridine rings is 1. The molecule has 0 bridgehead atoms. The third-order valence-electron chi connectivity index (χ3n) is 5.62. The molecular formula is C22H28N4O. The Balaban J connectivity index is 1.50. The van der Waals surface area contributed by atoms with E-state index in [4.69, 9.17) is 0 Å². The van der Waals surface area contributed by atoms with Crippen LogP contribution < -0.4 is 15.1 Å². The van der Waals surface area contributed by atoms with Crippen LogP contribution in [0.25, 0.3) is 0 Å². The molecule has 0 spiro atoms. The fourth-order valence-corrected chi connectivity index (χ4v) is 4.07. The van der Waals surface area contributed by atoms with Crippen molar-refractivity contribution < 1.29 is 4.79 Å². The van der Waals surface area contributed by atoms with Crippen molar-refractivity contribution >= 4 is 17.5 Å². The number of carbonyl (C=O) groups excluding carboxylic acids is 1. The van der Waals surface area contributed by atoms with Gasteiger partial charge in [0.2, 0.25) is 0 Å². The molecule has 0 unspecified atom stereocenters. The van der Waals surface area contributed by atoms with Crippen LogP contribution in [-0.4, -0.2) is 30.1 Å². The lowest BCUT2D eigenvalue weighted by atomic mass is 9.96. The number of amides is 2. The fourth-order valence-electron chi connectivity index (χ4n) is 4.07. The van der Waals surface area contributed by atoms with Gasteiger partial charge in [-0.25, -0.2) is 9.78 Å². The van der Waals surface area contributed by atoms with Gasteiger partial charge in [0, 0.05) is 31.9 Å². The molecular weight excluding hydrogens is 336 g/mol. The van der Waals surface area contributed by atoms with E-state index in [1.165, 1.54) is 30.4 Å². The van der Waals surface area contributed by atoms with Gasteiger partial charge < -0.3 is 10.2 Å². The second-order valence-electron chi connectivity index (χ2n) is 7.69. The van der Waals surface area contributed by atoms with E-state index in [0.717, 1.165) is 37.4 Å². The van der Waals surface area contributed by atoms with Crippen LogP contribution in [0.2, 0.25) is 0 Å². The SMILES string of the molecule is Cc1ccc(CN2CCN(C(=O)NC3CCCCC3)c3cccnc32)cc1. The highest BCUT2D eigenvalue weighted by Crippen LogP contribution is 2.32. The first kappa shape index (κ1) is 17.8. The maximum atomic E-state index is 12.9. The lowest BCUT2D eigenvalue weighted by molar-refractivity contribution is 0.238. The average molecular weight is 364 g/mol. The van der Waals surface area contributed by atoms with Gasteiger partial charge in [-0.3, -0.25) is 4.90 Å². The number of urea groups is 1. The van der Waals surface area contributed by atoms with E-state index in [1.807, 2.05) is 23.2 Å². The molecule has 1 aliphatic carbocycles. The molecule has 5 heteroatoms. The van der Waals surface area contributed by atoms with Gasteiger partial charge in [0.25, 0.3) is 0 Å². The molecule has 5 nitrogen and oxygen atoms in total. The van der Waals surface area contributed by atoms with Gasteiger partial charge in [0.15, 0.2) is 5.82 Å². The van der Waals surface area contributed by atoms with Crippen LogP contribution in [0.4, 0.5) is 16.3 Å². The minimum Gasteiger partial charge on any atom is -0.349 e. The molecule has 0 atom stereocenters. The van der Waals surface area contributed by atoms with E-state index in [1.54, 1.807) is 0 Å². The number of nitrogens with zero attached hydrogens (tertiary/aromatic N) is 3. The molecule has 2 aromatic rings. The van der Waals surface area contributed by atoms with E-state index < -0.39 is 0 Å². The van der Waals surface area contributed by atoms with Crippen molar-refractivity contribution in [1.82, 2.24) is 10.3 Å². The topological polar surface area (TPSA) is 48.5 Å². The molecule has 1 saturated carbocycles. The van der Waals surface area contributed by atoms with Gasteiger partial charge in [-0.05, 0) is 37.5 Å². The summed E-state index contributed by atoms with van der Waals surface area (Å²) in [7, 11) is 0. The van der Waals surface area contributed by atoms with Crippen molar-refractivity contribution in [3.05, 3.63) is 53.7 Å². The number of benzene rings is 1. The van der Waals surface area contributed by atoms with E-state index in [9.17, 15) is 4.79 Å². The largest absolute Gasteiger partial charge is 0.349 e. The van der Waals surface area contributed by atoms with Gasteiger partial charge in [0.1, 0.15) is 0 Å². The minimum atomic E-state index is 0.0196. The molecule has 1 fully saturated rings. The zero-order chi connectivity index (χ0) is 18.6. The van der Waals surface area contributed by atoms with Crippen molar-refractivity contribution in [3.63, 3.8) is 0 Å². The number of hydrogen-bond acceptors (Lipinski definition) is 3. The van der Waals surface area contributed by atoms with Crippen molar-refractivity contribution in [2.75, 3.05) is 22.9 Å². The highest BCUT2D eigenvalue weighted by atomic mass is 16.2. The van der Waals surface area contributed by atoms with Crippen LogP contribution in [0.1, 0.15) is 43.2 Å². The van der Waals surface area contributed by atoms with Crippen LogP contribution >= 0.6 is 0 Å². The van der Waals surface area contributed by atoms with Crippen LogP contribution in [-0.2, 0) is 6.54 Å². The zero-order valence-corrected chi connectivity index (χ0v) is 16.0. The summed E-state index contributed by atoms with van der Waals surface area (Å²) in [4.78, 5) is 21.6. The average Bonchev–Trinajstić information content (AvgIpc) is 2.70. The van der Waals surface area contributed by atoms with Gasteiger partial charge in [-0.1, -0.05) is 49.1 Å². The monoisotopic (exact) mass is 364 g/mol. The van der Waals surface area contributed by atoms with Crippen LogP contribution in [0.15, 0.2) is 42.6 Å². The highest BCUT2D eigenvalue weighted by molar-refractivity contribution is 5.96. The summed E-state index contributed by atoms with van der Waals surface area (Å²) in [5.41, 5.74) is 3.43. The van der Waals surface area contributed by atoms with Crippen molar-refractivity contribution in [3.8, 4) is 0 Å². The fraction of sp³-hybridized carbons (Fsp3) is 0.455. The third kappa shape index (κ3) is 4.07. The highest BCUT2D eigenvalue weighted by Gasteiger charge is 2.29. The molecule has 1 N–H and O–H groups in total. The molecule has 27 heavy (non-hydrogen) atoms. The Morgan fingerprint density at radius 1 is 1.11 bits per heavy atom. The molecule has 1 aromatic heterocycles. The summed E-state index contributed by atoms with van der Waals surface area (Å²) in [6.07, 6.45) is 7.72. The Hall–Kier alpha value is -2.56. The van der Waals surface area contributed by atoms with Gasteiger partial charge in [-0.15, -0.1) is 0 Å². The van der Waals surface area contributed by atoms with Crippen molar-refractivity contribution in [2.45, 2.75) is 51.6 Å². The first-order valence-corrected chi connectivity index (χ1v) is 10.0.